The first-order chi connectivity index (χ1) is 8.31. The van der Waals surface area contributed by atoms with Gasteiger partial charge in [0.25, 0.3) is 0 Å². The first-order valence-corrected chi connectivity index (χ1v) is 6.01. The number of nitrogens with zero attached hydrogens (tertiary/aromatic N) is 2. The number of hydrogen-bond acceptors (Lipinski definition) is 7. The van der Waals surface area contributed by atoms with Gasteiger partial charge in [-0.05, 0) is 15.9 Å². The van der Waals surface area contributed by atoms with Crippen LogP contribution in [0.15, 0.2) is 10.8 Å². The molecule has 17 heavy (non-hydrogen) atoms. The van der Waals surface area contributed by atoms with Crippen LogP contribution < -0.4 is 16.6 Å². The van der Waals surface area contributed by atoms with Crippen molar-refractivity contribution in [2.75, 3.05) is 37.1 Å². The number of aromatic nitrogens is 2. The molecule has 2 rings (SSSR count). The maximum absolute atomic E-state index is 5.51. The summed E-state index contributed by atoms with van der Waals surface area (Å²) >= 11 is 3.36. The highest BCUT2D eigenvalue weighted by molar-refractivity contribution is 9.10. The summed E-state index contributed by atoms with van der Waals surface area (Å²) in [6, 6.07) is 0. The molecule has 8 heteroatoms. The second-order valence-electron chi connectivity index (χ2n) is 3.48. The van der Waals surface area contributed by atoms with Crippen molar-refractivity contribution in [2.24, 2.45) is 5.84 Å². The monoisotopic (exact) mass is 303 g/mol. The molecule has 1 saturated heterocycles. The lowest BCUT2D eigenvalue weighted by Gasteiger charge is -2.23. The van der Waals surface area contributed by atoms with Crippen LogP contribution in [0, 0.1) is 0 Å². The highest BCUT2D eigenvalue weighted by Crippen LogP contribution is 2.25. The number of hydrogen-bond donors (Lipinski definition) is 3. The molecule has 1 unspecified atom stereocenters. The zero-order valence-corrected chi connectivity index (χ0v) is 10.7. The topological polar surface area (TPSA) is 94.3 Å². The molecular formula is C9H14BrN5O2. The molecule has 0 bridgehead atoms. The second kappa shape index (κ2) is 6.10. The van der Waals surface area contributed by atoms with Crippen molar-refractivity contribution >= 4 is 27.6 Å². The van der Waals surface area contributed by atoms with Gasteiger partial charge in [-0.1, -0.05) is 0 Å². The number of anilines is 2. The van der Waals surface area contributed by atoms with Crippen molar-refractivity contribution in [1.29, 1.82) is 0 Å². The Bertz CT molecular complexity index is 372. The summed E-state index contributed by atoms with van der Waals surface area (Å²) in [5.41, 5.74) is 2.48. The smallest absolute Gasteiger partial charge is 0.159 e. The van der Waals surface area contributed by atoms with E-state index in [1.165, 1.54) is 6.33 Å². The molecule has 2 heterocycles. The minimum atomic E-state index is 0.0416. The van der Waals surface area contributed by atoms with Gasteiger partial charge in [0.2, 0.25) is 0 Å². The molecular weight excluding hydrogens is 290 g/mol. The zero-order valence-electron chi connectivity index (χ0n) is 9.15. The van der Waals surface area contributed by atoms with Crippen LogP contribution >= 0.6 is 15.9 Å². The third-order valence-electron chi connectivity index (χ3n) is 2.31. The molecule has 4 N–H and O–H groups in total. The number of hydrazine groups is 1. The Kier molecular flexibility index (Phi) is 4.49. The maximum Gasteiger partial charge on any atom is 0.159 e. The molecule has 94 valence electrons. The van der Waals surface area contributed by atoms with E-state index in [-0.39, 0.29) is 6.10 Å². The van der Waals surface area contributed by atoms with Gasteiger partial charge in [0.15, 0.2) is 5.82 Å². The molecule has 0 spiro atoms. The minimum Gasteiger partial charge on any atom is -0.376 e. The first-order valence-electron chi connectivity index (χ1n) is 5.21. The van der Waals surface area contributed by atoms with Gasteiger partial charge in [-0.15, -0.1) is 0 Å². The average molecular weight is 304 g/mol. The Morgan fingerprint density at radius 3 is 2.94 bits per heavy atom. The number of halogens is 1. The standard InChI is InChI=1S/C9H14BrN5O2/c10-7-8(13-5-14-9(7)15-11)12-3-6-4-16-1-2-17-6/h5-6H,1-4,11H2,(H2,12,13,14,15). The van der Waals surface area contributed by atoms with Gasteiger partial charge in [0.1, 0.15) is 16.6 Å². The van der Waals surface area contributed by atoms with Gasteiger partial charge in [-0.3, -0.25) is 0 Å². The minimum absolute atomic E-state index is 0.0416. The Balaban J connectivity index is 1.93. The normalized spacial score (nSPS) is 20.0. The fraction of sp³-hybridized carbons (Fsp3) is 0.556. The molecule has 7 nitrogen and oxygen atoms in total. The Morgan fingerprint density at radius 1 is 1.41 bits per heavy atom. The second-order valence-corrected chi connectivity index (χ2v) is 4.27. The van der Waals surface area contributed by atoms with Crippen molar-refractivity contribution < 1.29 is 9.47 Å². The van der Waals surface area contributed by atoms with Crippen LogP contribution in [0.25, 0.3) is 0 Å². The van der Waals surface area contributed by atoms with E-state index in [0.717, 1.165) is 0 Å². The van der Waals surface area contributed by atoms with Crippen molar-refractivity contribution in [3.8, 4) is 0 Å². The summed E-state index contributed by atoms with van der Waals surface area (Å²) in [6.45, 7) is 2.51. The quantitative estimate of drug-likeness (QED) is 0.546. The average Bonchev–Trinajstić information content (AvgIpc) is 2.39. The van der Waals surface area contributed by atoms with Gasteiger partial charge in [0, 0.05) is 6.54 Å². The fourth-order valence-corrected chi connectivity index (χ4v) is 1.92. The van der Waals surface area contributed by atoms with E-state index in [4.69, 9.17) is 15.3 Å². The fourth-order valence-electron chi connectivity index (χ4n) is 1.46. The van der Waals surface area contributed by atoms with Crippen LogP contribution in [0.1, 0.15) is 0 Å². The Morgan fingerprint density at radius 2 is 2.24 bits per heavy atom. The van der Waals surface area contributed by atoms with E-state index in [0.29, 0.717) is 42.5 Å². The van der Waals surface area contributed by atoms with Crippen molar-refractivity contribution in [2.45, 2.75) is 6.10 Å². The SMILES string of the molecule is NNc1ncnc(NCC2COCCO2)c1Br. The lowest BCUT2D eigenvalue weighted by molar-refractivity contribution is -0.0819. The summed E-state index contributed by atoms with van der Waals surface area (Å²) in [5.74, 6) is 6.52. The highest BCUT2D eigenvalue weighted by atomic mass is 79.9. The number of rotatable bonds is 4. The summed E-state index contributed by atoms with van der Waals surface area (Å²) in [4.78, 5) is 8.07. The van der Waals surface area contributed by atoms with Crippen LogP contribution in [-0.2, 0) is 9.47 Å². The lowest BCUT2D eigenvalue weighted by Crippen LogP contribution is -2.34. The summed E-state index contributed by atoms with van der Waals surface area (Å²) in [6.07, 6.45) is 1.47. The van der Waals surface area contributed by atoms with Crippen LogP contribution in [0.5, 0.6) is 0 Å². The van der Waals surface area contributed by atoms with E-state index >= 15 is 0 Å². The molecule has 0 amide bonds. The van der Waals surface area contributed by atoms with Gasteiger partial charge in [-0.2, -0.15) is 0 Å². The predicted molar refractivity (Wildman–Crippen MR) is 66.6 cm³/mol. The number of nitrogen functional groups attached to an aromatic ring is 1. The Hall–Kier alpha value is -0.960. The first kappa shape index (κ1) is 12.5. The Labute approximate surface area is 107 Å². The molecule has 1 aromatic rings. The summed E-state index contributed by atoms with van der Waals surface area (Å²) in [5, 5.41) is 3.16. The van der Waals surface area contributed by atoms with Gasteiger partial charge < -0.3 is 20.2 Å². The van der Waals surface area contributed by atoms with Crippen molar-refractivity contribution in [3.63, 3.8) is 0 Å². The third-order valence-corrected chi connectivity index (χ3v) is 3.06. The van der Waals surface area contributed by atoms with E-state index in [9.17, 15) is 0 Å². The molecule has 1 aliphatic heterocycles. The van der Waals surface area contributed by atoms with Crippen LogP contribution in [-0.4, -0.2) is 42.4 Å². The number of nitrogens with two attached hydrogens (primary N) is 1. The van der Waals surface area contributed by atoms with Crippen molar-refractivity contribution in [1.82, 2.24) is 9.97 Å². The molecule has 1 aromatic heterocycles. The van der Waals surface area contributed by atoms with Gasteiger partial charge in [0.05, 0.1) is 25.9 Å². The number of ether oxygens (including phenoxy) is 2. The van der Waals surface area contributed by atoms with Crippen LogP contribution in [0.4, 0.5) is 11.6 Å². The number of nitrogens with one attached hydrogen (secondary N) is 2. The zero-order chi connectivity index (χ0) is 12.1. The third kappa shape index (κ3) is 3.25. The molecule has 1 fully saturated rings. The lowest BCUT2D eigenvalue weighted by atomic mass is 10.3. The van der Waals surface area contributed by atoms with E-state index in [1.54, 1.807) is 0 Å². The largest absolute Gasteiger partial charge is 0.376 e. The molecule has 0 radical (unpaired) electrons. The highest BCUT2D eigenvalue weighted by Gasteiger charge is 2.15. The molecule has 1 atom stereocenters. The molecule has 0 saturated carbocycles. The van der Waals surface area contributed by atoms with Crippen LogP contribution in [0.2, 0.25) is 0 Å². The van der Waals surface area contributed by atoms with Gasteiger partial charge >= 0.3 is 0 Å². The van der Waals surface area contributed by atoms with E-state index in [1.807, 2.05) is 0 Å². The van der Waals surface area contributed by atoms with Crippen LogP contribution in [0.3, 0.4) is 0 Å². The maximum atomic E-state index is 5.51. The molecule has 0 aliphatic carbocycles. The van der Waals surface area contributed by atoms with Gasteiger partial charge in [-0.25, -0.2) is 15.8 Å². The summed E-state index contributed by atoms with van der Waals surface area (Å²) < 4.78 is 11.5. The van der Waals surface area contributed by atoms with Crippen molar-refractivity contribution in [3.05, 3.63) is 10.8 Å². The predicted octanol–water partition coefficient (Wildman–Crippen LogP) is 0.352. The molecule has 0 aromatic carbocycles. The molecule has 1 aliphatic rings. The van der Waals surface area contributed by atoms with E-state index in [2.05, 4.69) is 36.6 Å². The summed E-state index contributed by atoms with van der Waals surface area (Å²) in [7, 11) is 0. The van der Waals surface area contributed by atoms with E-state index < -0.39 is 0 Å².